The molecule has 0 amide bonds. The summed E-state index contributed by atoms with van der Waals surface area (Å²) in [5.74, 6) is 0. The SMILES string of the molecule is C=CCCCCCCCC/C=N/CCNC. The molecule has 0 rings (SSSR count). The second-order valence-corrected chi connectivity index (χ2v) is 4.18. The van der Waals surface area contributed by atoms with E-state index in [1.54, 1.807) is 0 Å². The number of likely N-dealkylation sites (N-methyl/N-ethyl adjacent to an activating group) is 1. The van der Waals surface area contributed by atoms with Crippen molar-refractivity contribution >= 4 is 6.21 Å². The Hall–Kier alpha value is -0.630. The number of nitrogens with one attached hydrogen (secondary N) is 1. The van der Waals surface area contributed by atoms with Gasteiger partial charge in [0.1, 0.15) is 0 Å². The van der Waals surface area contributed by atoms with Crippen molar-refractivity contribution in [1.82, 2.24) is 5.32 Å². The molecule has 0 heterocycles. The standard InChI is InChI=1S/C14H28N2/c1-3-4-5-6-7-8-9-10-11-12-16-14-13-15-2/h3,12,15H,1,4-11,13-14H2,2H3/b16-12+. The van der Waals surface area contributed by atoms with E-state index in [2.05, 4.69) is 23.1 Å². The fourth-order valence-electron chi connectivity index (χ4n) is 1.59. The molecule has 0 aromatic carbocycles. The first-order valence-corrected chi connectivity index (χ1v) is 6.65. The fourth-order valence-corrected chi connectivity index (χ4v) is 1.59. The van der Waals surface area contributed by atoms with E-state index >= 15 is 0 Å². The van der Waals surface area contributed by atoms with Gasteiger partial charge in [-0.2, -0.15) is 0 Å². The average Bonchev–Trinajstić information content (AvgIpc) is 2.31. The van der Waals surface area contributed by atoms with Gasteiger partial charge < -0.3 is 5.32 Å². The zero-order valence-corrected chi connectivity index (χ0v) is 10.9. The van der Waals surface area contributed by atoms with E-state index in [1.165, 1.54) is 44.9 Å². The van der Waals surface area contributed by atoms with E-state index in [0.29, 0.717) is 0 Å². The van der Waals surface area contributed by atoms with Crippen LogP contribution in [0.15, 0.2) is 17.6 Å². The van der Waals surface area contributed by atoms with E-state index in [4.69, 9.17) is 0 Å². The van der Waals surface area contributed by atoms with Gasteiger partial charge in [0, 0.05) is 6.54 Å². The van der Waals surface area contributed by atoms with Crippen molar-refractivity contribution in [2.75, 3.05) is 20.1 Å². The van der Waals surface area contributed by atoms with Crippen LogP contribution in [0.1, 0.15) is 51.4 Å². The van der Waals surface area contributed by atoms with Crippen LogP contribution in [0.25, 0.3) is 0 Å². The molecule has 0 saturated heterocycles. The van der Waals surface area contributed by atoms with Crippen LogP contribution in [0.4, 0.5) is 0 Å². The molecular formula is C14H28N2. The summed E-state index contributed by atoms with van der Waals surface area (Å²) >= 11 is 0. The third-order valence-electron chi connectivity index (χ3n) is 2.61. The van der Waals surface area contributed by atoms with E-state index < -0.39 is 0 Å². The number of rotatable bonds is 12. The molecule has 0 aromatic heterocycles. The summed E-state index contributed by atoms with van der Waals surface area (Å²) < 4.78 is 0. The van der Waals surface area contributed by atoms with Gasteiger partial charge >= 0.3 is 0 Å². The maximum absolute atomic E-state index is 4.32. The van der Waals surface area contributed by atoms with Crippen LogP contribution in [0.2, 0.25) is 0 Å². The molecule has 0 atom stereocenters. The number of aliphatic imine (C=N–C) groups is 1. The molecule has 0 fully saturated rings. The van der Waals surface area contributed by atoms with Crippen LogP contribution in [0.3, 0.4) is 0 Å². The summed E-state index contributed by atoms with van der Waals surface area (Å²) in [5, 5.41) is 3.08. The molecule has 0 aliphatic heterocycles. The Kier molecular flexibility index (Phi) is 13.8. The second-order valence-electron chi connectivity index (χ2n) is 4.18. The maximum atomic E-state index is 4.32. The molecule has 0 aliphatic rings. The lowest BCUT2D eigenvalue weighted by Gasteiger charge is -1.99. The molecule has 0 bridgehead atoms. The Balaban J connectivity index is 2.98. The average molecular weight is 224 g/mol. The number of hydrogen-bond acceptors (Lipinski definition) is 2. The van der Waals surface area contributed by atoms with Crippen LogP contribution < -0.4 is 5.32 Å². The molecule has 0 spiro atoms. The Labute approximate surface area is 101 Å². The summed E-state index contributed by atoms with van der Waals surface area (Å²) in [5.41, 5.74) is 0. The number of allylic oxidation sites excluding steroid dienone is 1. The van der Waals surface area contributed by atoms with Crippen molar-refractivity contribution in [2.24, 2.45) is 4.99 Å². The predicted octanol–water partition coefficient (Wildman–Crippen LogP) is 3.58. The molecule has 2 heteroatoms. The lowest BCUT2D eigenvalue weighted by Crippen LogP contribution is -2.10. The highest BCUT2D eigenvalue weighted by Crippen LogP contribution is 2.07. The number of nitrogens with zero attached hydrogens (tertiary/aromatic N) is 1. The molecule has 0 unspecified atom stereocenters. The van der Waals surface area contributed by atoms with Crippen molar-refractivity contribution in [3.8, 4) is 0 Å². The van der Waals surface area contributed by atoms with Gasteiger partial charge in [0.15, 0.2) is 0 Å². The molecular weight excluding hydrogens is 196 g/mol. The monoisotopic (exact) mass is 224 g/mol. The summed E-state index contributed by atoms with van der Waals surface area (Å²) in [7, 11) is 1.96. The van der Waals surface area contributed by atoms with Gasteiger partial charge in [-0.25, -0.2) is 0 Å². The van der Waals surface area contributed by atoms with Crippen molar-refractivity contribution in [3.05, 3.63) is 12.7 Å². The van der Waals surface area contributed by atoms with Gasteiger partial charge in [-0.15, -0.1) is 6.58 Å². The summed E-state index contributed by atoms with van der Waals surface area (Å²) in [4.78, 5) is 4.32. The van der Waals surface area contributed by atoms with E-state index in [1.807, 2.05) is 13.1 Å². The molecule has 0 aliphatic carbocycles. The van der Waals surface area contributed by atoms with Crippen molar-refractivity contribution in [3.63, 3.8) is 0 Å². The van der Waals surface area contributed by atoms with Gasteiger partial charge in [-0.3, -0.25) is 4.99 Å². The van der Waals surface area contributed by atoms with Crippen LogP contribution in [-0.2, 0) is 0 Å². The smallest absolute Gasteiger partial charge is 0.0510 e. The largest absolute Gasteiger partial charge is 0.318 e. The lowest BCUT2D eigenvalue weighted by atomic mass is 10.1. The van der Waals surface area contributed by atoms with Crippen LogP contribution in [-0.4, -0.2) is 26.4 Å². The first-order valence-electron chi connectivity index (χ1n) is 6.65. The summed E-state index contributed by atoms with van der Waals surface area (Å²) in [6, 6.07) is 0. The third kappa shape index (κ3) is 13.4. The predicted molar refractivity (Wildman–Crippen MR) is 74.4 cm³/mol. The maximum Gasteiger partial charge on any atom is 0.0510 e. The summed E-state index contributed by atoms with van der Waals surface area (Å²) in [6.07, 6.45) is 14.5. The first kappa shape index (κ1) is 15.4. The van der Waals surface area contributed by atoms with Gasteiger partial charge in [-0.05, 0) is 38.9 Å². The molecule has 94 valence electrons. The van der Waals surface area contributed by atoms with Crippen molar-refractivity contribution < 1.29 is 0 Å². The Morgan fingerprint density at radius 2 is 1.62 bits per heavy atom. The molecule has 1 N–H and O–H groups in total. The van der Waals surface area contributed by atoms with Crippen molar-refractivity contribution in [2.45, 2.75) is 51.4 Å². The van der Waals surface area contributed by atoms with E-state index in [9.17, 15) is 0 Å². The van der Waals surface area contributed by atoms with Gasteiger partial charge in [0.25, 0.3) is 0 Å². The molecule has 0 aromatic rings. The van der Waals surface area contributed by atoms with Gasteiger partial charge in [0.05, 0.1) is 6.54 Å². The zero-order chi connectivity index (χ0) is 11.9. The topological polar surface area (TPSA) is 24.4 Å². The molecule has 2 nitrogen and oxygen atoms in total. The second kappa shape index (κ2) is 14.4. The zero-order valence-electron chi connectivity index (χ0n) is 10.9. The minimum Gasteiger partial charge on any atom is -0.318 e. The normalized spacial score (nSPS) is 11.1. The summed E-state index contributed by atoms with van der Waals surface area (Å²) in [6.45, 7) is 5.63. The van der Waals surface area contributed by atoms with Gasteiger partial charge in [-0.1, -0.05) is 31.8 Å². The Bertz CT molecular complexity index is 164. The Morgan fingerprint density at radius 3 is 2.25 bits per heavy atom. The quantitative estimate of drug-likeness (QED) is 0.306. The first-order chi connectivity index (χ1) is 7.91. The molecule has 0 radical (unpaired) electrons. The molecule has 0 saturated carbocycles. The highest BCUT2D eigenvalue weighted by molar-refractivity contribution is 5.56. The Morgan fingerprint density at radius 1 is 1.00 bits per heavy atom. The minimum atomic E-state index is 0.915. The van der Waals surface area contributed by atoms with Gasteiger partial charge in [0.2, 0.25) is 0 Å². The molecule has 16 heavy (non-hydrogen) atoms. The van der Waals surface area contributed by atoms with E-state index in [0.717, 1.165) is 19.5 Å². The van der Waals surface area contributed by atoms with Crippen molar-refractivity contribution in [1.29, 1.82) is 0 Å². The lowest BCUT2D eigenvalue weighted by molar-refractivity contribution is 0.604. The fraction of sp³-hybridized carbons (Fsp3) is 0.786. The highest BCUT2D eigenvalue weighted by atomic mass is 14.9. The van der Waals surface area contributed by atoms with Crippen LogP contribution in [0, 0.1) is 0 Å². The van der Waals surface area contributed by atoms with E-state index in [-0.39, 0.29) is 0 Å². The van der Waals surface area contributed by atoms with Crippen LogP contribution in [0.5, 0.6) is 0 Å². The highest BCUT2D eigenvalue weighted by Gasteiger charge is 1.89. The minimum absolute atomic E-state index is 0.915. The third-order valence-corrected chi connectivity index (χ3v) is 2.61. The number of unbranched alkanes of at least 4 members (excludes halogenated alkanes) is 7. The van der Waals surface area contributed by atoms with Crippen LogP contribution >= 0.6 is 0 Å². The number of hydrogen-bond donors (Lipinski definition) is 1.